The van der Waals surface area contributed by atoms with Gasteiger partial charge < -0.3 is 9.84 Å². The van der Waals surface area contributed by atoms with Crippen LogP contribution >= 0.6 is 0 Å². The molecule has 2 rings (SSSR count). The van der Waals surface area contributed by atoms with Gasteiger partial charge in [0.15, 0.2) is 11.5 Å². The highest BCUT2D eigenvalue weighted by Gasteiger charge is 2.22. The Bertz CT molecular complexity index is 398. The summed E-state index contributed by atoms with van der Waals surface area (Å²) in [6, 6.07) is 3.96. The summed E-state index contributed by atoms with van der Waals surface area (Å²) in [4.78, 5) is 0. The van der Waals surface area contributed by atoms with Crippen molar-refractivity contribution in [3.05, 3.63) is 23.3 Å². The predicted octanol–water partition coefficient (Wildman–Crippen LogP) is 4.40. The highest BCUT2D eigenvalue weighted by Crippen LogP contribution is 2.40. The maximum absolute atomic E-state index is 9.84. The lowest BCUT2D eigenvalue weighted by Gasteiger charge is -2.26. The van der Waals surface area contributed by atoms with E-state index in [-0.39, 0.29) is 5.75 Å². The first-order valence-electron chi connectivity index (χ1n) is 7.16. The lowest BCUT2D eigenvalue weighted by molar-refractivity contribution is 0.370. The molecular formula is C16H24O2. The topological polar surface area (TPSA) is 29.5 Å². The van der Waals surface area contributed by atoms with Crippen LogP contribution in [0.5, 0.6) is 11.5 Å². The van der Waals surface area contributed by atoms with Crippen LogP contribution in [0.25, 0.3) is 0 Å². The molecule has 0 heterocycles. The summed E-state index contributed by atoms with van der Waals surface area (Å²) in [7, 11) is 1.62. The summed E-state index contributed by atoms with van der Waals surface area (Å²) >= 11 is 0. The van der Waals surface area contributed by atoms with Crippen molar-refractivity contribution in [1.82, 2.24) is 0 Å². The molecule has 0 saturated heterocycles. The number of rotatable bonds is 5. The van der Waals surface area contributed by atoms with Crippen LogP contribution in [0.3, 0.4) is 0 Å². The normalized spacial score (nSPS) is 18.4. The number of benzene rings is 1. The Labute approximate surface area is 110 Å². The van der Waals surface area contributed by atoms with Gasteiger partial charge in [0.1, 0.15) is 0 Å². The molecule has 1 aliphatic rings. The lowest BCUT2D eigenvalue weighted by atomic mass is 9.80. The van der Waals surface area contributed by atoms with Crippen LogP contribution in [0.1, 0.15) is 62.5 Å². The van der Waals surface area contributed by atoms with E-state index in [0.717, 1.165) is 6.42 Å². The third-order valence-electron chi connectivity index (χ3n) is 4.04. The number of aryl methyl sites for hydroxylation is 1. The van der Waals surface area contributed by atoms with Crippen molar-refractivity contribution >= 4 is 0 Å². The molecule has 1 N–H and O–H groups in total. The van der Waals surface area contributed by atoms with Gasteiger partial charge in [-0.15, -0.1) is 0 Å². The van der Waals surface area contributed by atoms with Crippen LogP contribution in [0.2, 0.25) is 0 Å². The zero-order valence-electron chi connectivity index (χ0n) is 11.5. The number of hydrogen-bond acceptors (Lipinski definition) is 2. The molecule has 1 unspecified atom stereocenters. The van der Waals surface area contributed by atoms with Crippen LogP contribution < -0.4 is 4.74 Å². The Kier molecular flexibility index (Phi) is 4.51. The van der Waals surface area contributed by atoms with Crippen molar-refractivity contribution in [2.75, 3.05) is 7.11 Å². The molecule has 0 saturated carbocycles. The average molecular weight is 248 g/mol. The molecule has 0 aliphatic heterocycles. The fourth-order valence-corrected chi connectivity index (χ4v) is 3.02. The molecule has 1 aromatic rings. The molecule has 100 valence electrons. The third kappa shape index (κ3) is 2.80. The molecule has 0 radical (unpaired) electrons. The van der Waals surface area contributed by atoms with E-state index in [1.54, 1.807) is 7.11 Å². The molecule has 0 aromatic heterocycles. The van der Waals surface area contributed by atoms with Crippen molar-refractivity contribution in [2.45, 2.75) is 57.8 Å². The largest absolute Gasteiger partial charge is 0.504 e. The molecule has 1 atom stereocenters. The molecule has 2 nitrogen and oxygen atoms in total. The Morgan fingerprint density at radius 1 is 1.33 bits per heavy atom. The number of phenols is 1. The zero-order chi connectivity index (χ0) is 13.0. The van der Waals surface area contributed by atoms with Gasteiger partial charge in [0.2, 0.25) is 0 Å². The second kappa shape index (κ2) is 6.12. The summed E-state index contributed by atoms with van der Waals surface area (Å²) < 4.78 is 5.24. The van der Waals surface area contributed by atoms with Crippen LogP contribution in [0.4, 0.5) is 0 Å². The molecule has 18 heavy (non-hydrogen) atoms. The first-order chi connectivity index (χ1) is 8.76. The van der Waals surface area contributed by atoms with E-state index >= 15 is 0 Å². The number of hydrogen-bond donors (Lipinski definition) is 1. The van der Waals surface area contributed by atoms with E-state index in [4.69, 9.17) is 4.74 Å². The highest BCUT2D eigenvalue weighted by molar-refractivity contribution is 5.48. The Hall–Kier alpha value is -1.18. The molecule has 0 fully saturated rings. The lowest BCUT2D eigenvalue weighted by Crippen LogP contribution is -2.10. The molecule has 2 heteroatoms. The number of methoxy groups -OCH3 is 1. The third-order valence-corrected chi connectivity index (χ3v) is 4.04. The van der Waals surface area contributed by atoms with Crippen molar-refractivity contribution in [1.29, 1.82) is 0 Å². The molecular weight excluding hydrogens is 224 g/mol. The van der Waals surface area contributed by atoms with Crippen molar-refractivity contribution in [2.24, 2.45) is 0 Å². The van der Waals surface area contributed by atoms with Gasteiger partial charge in [-0.05, 0) is 54.9 Å². The van der Waals surface area contributed by atoms with Gasteiger partial charge in [-0.1, -0.05) is 26.2 Å². The maximum Gasteiger partial charge on any atom is 0.160 e. The minimum Gasteiger partial charge on any atom is -0.504 e. The number of phenolic OH excluding ortho intramolecular Hbond substituents is 1. The van der Waals surface area contributed by atoms with Crippen LogP contribution in [-0.2, 0) is 6.42 Å². The van der Waals surface area contributed by atoms with Crippen LogP contribution in [-0.4, -0.2) is 12.2 Å². The summed E-state index contributed by atoms with van der Waals surface area (Å²) in [5.74, 6) is 1.57. The van der Waals surface area contributed by atoms with Gasteiger partial charge >= 0.3 is 0 Å². The number of aromatic hydroxyl groups is 1. The predicted molar refractivity (Wildman–Crippen MR) is 74.5 cm³/mol. The fourth-order valence-electron chi connectivity index (χ4n) is 3.02. The second-order valence-electron chi connectivity index (χ2n) is 5.31. The van der Waals surface area contributed by atoms with Gasteiger partial charge in [-0.3, -0.25) is 0 Å². The monoisotopic (exact) mass is 248 g/mol. The number of ether oxygens (including phenoxy) is 1. The van der Waals surface area contributed by atoms with E-state index in [2.05, 4.69) is 13.0 Å². The van der Waals surface area contributed by atoms with E-state index < -0.39 is 0 Å². The summed E-state index contributed by atoms with van der Waals surface area (Å²) in [6.45, 7) is 2.25. The summed E-state index contributed by atoms with van der Waals surface area (Å²) in [5, 5.41) is 9.84. The zero-order valence-corrected chi connectivity index (χ0v) is 11.5. The van der Waals surface area contributed by atoms with Crippen molar-refractivity contribution < 1.29 is 9.84 Å². The minimum atomic E-state index is 0.283. The standard InChI is InChI=1S/C16H24O2/c1-3-4-5-7-12-8-6-9-13-10-15(17)16(18-2)11-14(12)13/h10-12,17H,3-9H2,1-2H3. The average Bonchev–Trinajstić information content (AvgIpc) is 2.38. The molecule has 1 aromatic carbocycles. The van der Waals surface area contributed by atoms with Crippen molar-refractivity contribution in [3.8, 4) is 11.5 Å². The SMILES string of the molecule is CCCCCC1CCCc2cc(O)c(OC)cc21. The Morgan fingerprint density at radius 3 is 2.89 bits per heavy atom. The Morgan fingerprint density at radius 2 is 2.17 bits per heavy atom. The smallest absolute Gasteiger partial charge is 0.160 e. The quantitative estimate of drug-likeness (QED) is 0.782. The van der Waals surface area contributed by atoms with E-state index in [0.29, 0.717) is 11.7 Å². The first-order valence-corrected chi connectivity index (χ1v) is 7.16. The van der Waals surface area contributed by atoms with Gasteiger partial charge in [-0.2, -0.15) is 0 Å². The van der Waals surface area contributed by atoms with Gasteiger partial charge in [0.05, 0.1) is 7.11 Å². The van der Waals surface area contributed by atoms with Crippen LogP contribution in [0, 0.1) is 0 Å². The van der Waals surface area contributed by atoms with Gasteiger partial charge in [-0.25, -0.2) is 0 Å². The number of unbranched alkanes of at least 4 members (excludes halogenated alkanes) is 2. The molecule has 1 aliphatic carbocycles. The molecule has 0 amide bonds. The Balaban J connectivity index is 2.19. The van der Waals surface area contributed by atoms with E-state index in [1.165, 1.54) is 49.7 Å². The highest BCUT2D eigenvalue weighted by atomic mass is 16.5. The minimum absolute atomic E-state index is 0.283. The summed E-state index contributed by atoms with van der Waals surface area (Å²) in [6.07, 6.45) is 8.80. The number of fused-ring (bicyclic) bond motifs is 1. The second-order valence-corrected chi connectivity index (χ2v) is 5.31. The molecule has 0 spiro atoms. The van der Waals surface area contributed by atoms with Crippen molar-refractivity contribution in [3.63, 3.8) is 0 Å². The first kappa shape index (κ1) is 13.3. The molecule has 0 bridgehead atoms. The van der Waals surface area contributed by atoms with Crippen LogP contribution in [0.15, 0.2) is 12.1 Å². The van der Waals surface area contributed by atoms with Gasteiger partial charge in [0, 0.05) is 0 Å². The fraction of sp³-hybridized carbons (Fsp3) is 0.625. The maximum atomic E-state index is 9.84. The van der Waals surface area contributed by atoms with E-state index in [9.17, 15) is 5.11 Å². The van der Waals surface area contributed by atoms with E-state index in [1.807, 2.05) is 6.07 Å². The summed E-state index contributed by atoms with van der Waals surface area (Å²) in [5.41, 5.74) is 2.73. The van der Waals surface area contributed by atoms with Gasteiger partial charge in [0.25, 0.3) is 0 Å².